The van der Waals surface area contributed by atoms with Gasteiger partial charge in [-0.05, 0) is 30.7 Å². The fourth-order valence-corrected chi connectivity index (χ4v) is 1.94. The molecular formula is C16H18ClFN2O. The predicted molar refractivity (Wildman–Crippen MR) is 82.3 cm³/mol. The Kier molecular flexibility index (Phi) is 5.53. The second kappa shape index (κ2) is 7.38. The smallest absolute Gasteiger partial charge is 0.219 e. The van der Waals surface area contributed by atoms with Crippen LogP contribution in [0.4, 0.5) is 4.39 Å². The van der Waals surface area contributed by atoms with E-state index in [1.54, 1.807) is 30.3 Å². The second-order valence-corrected chi connectivity index (χ2v) is 5.54. The van der Waals surface area contributed by atoms with Crippen molar-refractivity contribution in [1.82, 2.24) is 10.3 Å². The summed E-state index contributed by atoms with van der Waals surface area (Å²) in [5, 5.41) is 3.83. The van der Waals surface area contributed by atoms with Gasteiger partial charge in [0.05, 0.1) is 10.7 Å². The molecule has 0 unspecified atom stereocenters. The van der Waals surface area contributed by atoms with Crippen molar-refractivity contribution in [3.63, 3.8) is 0 Å². The Morgan fingerprint density at radius 2 is 2.00 bits per heavy atom. The molecule has 0 amide bonds. The summed E-state index contributed by atoms with van der Waals surface area (Å²) < 4.78 is 19.0. The van der Waals surface area contributed by atoms with Crippen LogP contribution < -0.4 is 10.1 Å². The molecule has 0 atom stereocenters. The van der Waals surface area contributed by atoms with E-state index in [0.717, 1.165) is 6.54 Å². The molecule has 1 aromatic heterocycles. The van der Waals surface area contributed by atoms with Crippen molar-refractivity contribution in [2.45, 2.75) is 20.4 Å². The Hall–Kier alpha value is -1.65. The van der Waals surface area contributed by atoms with Crippen molar-refractivity contribution >= 4 is 11.6 Å². The molecule has 2 aromatic rings. The Morgan fingerprint density at radius 3 is 2.71 bits per heavy atom. The number of rotatable bonds is 6. The molecule has 0 aliphatic carbocycles. The highest BCUT2D eigenvalue weighted by molar-refractivity contribution is 6.31. The Labute approximate surface area is 129 Å². The molecule has 5 heteroatoms. The first-order chi connectivity index (χ1) is 10.1. The van der Waals surface area contributed by atoms with Gasteiger partial charge in [-0.1, -0.05) is 37.6 Å². The highest BCUT2D eigenvalue weighted by atomic mass is 35.5. The van der Waals surface area contributed by atoms with Gasteiger partial charge in [-0.25, -0.2) is 9.37 Å². The highest BCUT2D eigenvalue weighted by Crippen LogP contribution is 2.25. The molecule has 3 nitrogen and oxygen atoms in total. The lowest BCUT2D eigenvalue weighted by molar-refractivity contribution is 0.425. The first kappa shape index (κ1) is 15.7. The molecule has 112 valence electrons. The van der Waals surface area contributed by atoms with Gasteiger partial charge in [-0.2, -0.15) is 0 Å². The summed E-state index contributed by atoms with van der Waals surface area (Å²) in [6.07, 6.45) is 0. The maximum Gasteiger partial charge on any atom is 0.219 e. The van der Waals surface area contributed by atoms with Crippen molar-refractivity contribution in [2.75, 3.05) is 6.54 Å². The lowest BCUT2D eigenvalue weighted by Crippen LogP contribution is -2.19. The number of hydrogen-bond acceptors (Lipinski definition) is 3. The standard InChI is InChI=1S/C16H18ClFN2O/c1-11(2)9-19-10-14-12(17)7-8-16(20-14)21-15-6-4-3-5-13(15)18/h3-8,11,19H,9-10H2,1-2H3. The van der Waals surface area contributed by atoms with Crippen LogP contribution in [0.2, 0.25) is 5.02 Å². The van der Waals surface area contributed by atoms with Gasteiger partial charge >= 0.3 is 0 Å². The summed E-state index contributed by atoms with van der Waals surface area (Å²) in [5.74, 6) is 0.592. The number of nitrogens with one attached hydrogen (secondary N) is 1. The summed E-state index contributed by atoms with van der Waals surface area (Å²) in [7, 11) is 0. The lowest BCUT2D eigenvalue weighted by Gasteiger charge is -2.10. The first-order valence-electron chi connectivity index (χ1n) is 6.85. The average molecular weight is 309 g/mol. The molecule has 1 aromatic carbocycles. The van der Waals surface area contributed by atoms with E-state index in [1.807, 2.05) is 0 Å². The molecule has 0 fully saturated rings. The van der Waals surface area contributed by atoms with E-state index >= 15 is 0 Å². The van der Waals surface area contributed by atoms with Gasteiger partial charge in [-0.15, -0.1) is 0 Å². The van der Waals surface area contributed by atoms with Crippen molar-refractivity contribution < 1.29 is 9.13 Å². The third kappa shape index (κ3) is 4.69. The number of halogens is 2. The molecule has 0 saturated carbocycles. The van der Waals surface area contributed by atoms with E-state index in [-0.39, 0.29) is 5.75 Å². The second-order valence-electron chi connectivity index (χ2n) is 5.14. The van der Waals surface area contributed by atoms with E-state index in [2.05, 4.69) is 24.1 Å². The fraction of sp³-hybridized carbons (Fsp3) is 0.312. The minimum absolute atomic E-state index is 0.147. The summed E-state index contributed by atoms with van der Waals surface area (Å²) >= 11 is 6.11. The molecule has 1 N–H and O–H groups in total. The average Bonchev–Trinajstić information content (AvgIpc) is 2.44. The van der Waals surface area contributed by atoms with E-state index in [9.17, 15) is 4.39 Å². The molecule has 0 aliphatic heterocycles. The van der Waals surface area contributed by atoms with Crippen molar-refractivity contribution in [2.24, 2.45) is 5.92 Å². The zero-order chi connectivity index (χ0) is 15.2. The number of aromatic nitrogens is 1. The third-order valence-electron chi connectivity index (χ3n) is 2.79. The molecule has 0 saturated heterocycles. The van der Waals surface area contributed by atoms with Crippen LogP contribution >= 0.6 is 11.6 Å². The van der Waals surface area contributed by atoms with Crippen LogP contribution in [0.1, 0.15) is 19.5 Å². The SMILES string of the molecule is CC(C)CNCc1nc(Oc2ccccc2F)ccc1Cl. The van der Waals surface area contributed by atoms with Gasteiger partial charge in [-0.3, -0.25) is 0 Å². The van der Waals surface area contributed by atoms with Gasteiger partial charge in [0.1, 0.15) is 0 Å². The minimum Gasteiger partial charge on any atom is -0.436 e. The van der Waals surface area contributed by atoms with Gasteiger partial charge in [0.2, 0.25) is 5.88 Å². The Balaban J connectivity index is 2.09. The van der Waals surface area contributed by atoms with Gasteiger partial charge in [0.25, 0.3) is 0 Å². The molecule has 0 aliphatic rings. The quantitative estimate of drug-likeness (QED) is 0.858. The van der Waals surface area contributed by atoms with Gasteiger partial charge < -0.3 is 10.1 Å². The van der Waals surface area contributed by atoms with Crippen LogP contribution in [-0.2, 0) is 6.54 Å². The van der Waals surface area contributed by atoms with Crippen LogP contribution in [-0.4, -0.2) is 11.5 Å². The number of nitrogens with zero attached hydrogens (tertiary/aromatic N) is 1. The van der Waals surface area contributed by atoms with Crippen molar-refractivity contribution in [3.8, 4) is 11.6 Å². The van der Waals surface area contributed by atoms with Crippen LogP contribution in [0.3, 0.4) is 0 Å². The molecule has 0 bridgehead atoms. The predicted octanol–water partition coefficient (Wildman–Crippen LogP) is 4.41. The monoisotopic (exact) mass is 308 g/mol. The molecule has 2 rings (SSSR count). The Morgan fingerprint density at radius 1 is 1.24 bits per heavy atom. The molecule has 0 spiro atoms. The van der Waals surface area contributed by atoms with E-state index < -0.39 is 5.82 Å². The summed E-state index contributed by atoms with van der Waals surface area (Å²) in [6.45, 7) is 5.67. The summed E-state index contributed by atoms with van der Waals surface area (Å²) in [6, 6.07) is 9.55. The molecule has 21 heavy (non-hydrogen) atoms. The van der Waals surface area contributed by atoms with E-state index in [4.69, 9.17) is 16.3 Å². The zero-order valence-electron chi connectivity index (χ0n) is 12.1. The molecule has 0 radical (unpaired) electrons. The summed E-state index contributed by atoms with van der Waals surface area (Å²) in [4.78, 5) is 4.32. The molecular weight excluding hydrogens is 291 g/mol. The topological polar surface area (TPSA) is 34.2 Å². The molecule has 1 heterocycles. The third-order valence-corrected chi connectivity index (χ3v) is 3.13. The van der Waals surface area contributed by atoms with Gasteiger partial charge in [0, 0.05) is 12.6 Å². The largest absolute Gasteiger partial charge is 0.436 e. The van der Waals surface area contributed by atoms with E-state index in [0.29, 0.717) is 29.1 Å². The lowest BCUT2D eigenvalue weighted by atomic mass is 10.2. The van der Waals surface area contributed by atoms with Crippen molar-refractivity contribution in [3.05, 3.63) is 52.9 Å². The van der Waals surface area contributed by atoms with Crippen LogP contribution in [0, 0.1) is 11.7 Å². The van der Waals surface area contributed by atoms with E-state index in [1.165, 1.54) is 6.07 Å². The maximum atomic E-state index is 13.6. The maximum absolute atomic E-state index is 13.6. The van der Waals surface area contributed by atoms with Crippen LogP contribution in [0.25, 0.3) is 0 Å². The number of benzene rings is 1. The number of pyridine rings is 1. The first-order valence-corrected chi connectivity index (χ1v) is 7.22. The Bertz CT molecular complexity index is 605. The van der Waals surface area contributed by atoms with Crippen molar-refractivity contribution in [1.29, 1.82) is 0 Å². The van der Waals surface area contributed by atoms with Gasteiger partial charge in [0.15, 0.2) is 11.6 Å². The number of ether oxygens (including phenoxy) is 1. The minimum atomic E-state index is -0.422. The summed E-state index contributed by atoms with van der Waals surface area (Å²) in [5.41, 5.74) is 0.686. The fourth-order valence-electron chi connectivity index (χ4n) is 1.76. The van der Waals surface area contributed by atoms with Crippen LogP contribution in [0.15, 0.2) is 36.4 Å². The van der Waals surface area contributed by atoms with Crippen LogP contribution in [0.5, 0.6) is 11.6 Å². The normalized spacial score (nSPS) is 10.9. The number of hydrogen-bond donors (Lipinski definition) is 1. The number of para-hydroxylation sites is 1. The highest BCUT2D eigenvalue weighted by Gasteiger charge is 2.08. The zero-order valence-corrected chi connectivity index (χ0v) is 12.8.